The van der Waals surface area contributed by atoms with Crippen molar-refractivity contribution in [2.24, 2.45) is 7.05 Å². The second-order valence-electron chi connectivity index (χ2n) is 6.38. The Morgan fingerprint density at radius 1 is 1.11 bits per heavy atom. The van der Waals surface area contributed by atoms with Gasteiger partial charge >= 0.3 is 0 Å². The maximum atomic E-state index is 12.7. The van der Waals surface area contributed by atoms with Gasteiger partial charge in [-0.3, -0.25) is 9.59 Å². The molecule has 2 aliphatic heterocycles. The van der Waals surface area contributed by atoms with Crippen LogP contribution in [0.3, 0.4) is 0 Å². The van der Waals surface area contributed by atoms with Gasteiger partial charge in [0, 0.05) is 40.4 Å². The van der Waals surface area contributed by atoms with Crippen molar-refractivity contribution in [1.29, 1.82) is 0 Å². The first kappa shape index (κ1) is 17.1. The lowest BCUT2D eigenvalue weighted by molar-refractivity contribution is 0.103. The highest BCUT2D eigenvalue weighted by Gasteiger charge is 2.12. The summed E-state index contributed by atoms with van der Waals surface area (Å²) in [6.07, 6.45) is 3.51. The molecule has 2 aromatic rings. The van der Waals surface area contributed by atoms with Crippen LogP contribution >= 0.6 is 11.6 Å². The number of hydrogen-bond donors (Lipinski definition) is 2. The van der Waals surface area contributed by atoms with Crippen molar-refractivity contribution >= 4 is 30.0 Å². The Morgan fingerprint density at radius 3 is 2.59 bits per heavy atom. The molecule has 27 heavy (non-hydrogen) atoms. The summed E-state index contributed by atoms with van der Waals surface area (Å²) < 4.78 is 1.81. The van der Waals surface area contributed by atoms with Crippen molar-refractivity contribution in [2.75, 3.05) is 0 Å². The van der Waals surface area contributed by atoms with Crippen LogP contribution in [0.5, 0.6) is 0 Å². The third-order valence-electron chi connectivity index (χ3n) is 4.47. The molecule has 0 amide bonds. The van der Waals surface area contributed by atoms with E-state index < -0.39 is 0 Å². The molecule has 1 aromatic heterocycles. The summed E-state index contributed by atoms with van der Waals surface area (Å²) in [5.74, 6) is -0.102. The van der Waals surface area contributed by atoms with Crippen molar-refractivity contribution in [3.8, 4) is 0 Å². The minimum Gasteiger partial charge on any atom is -0.354 e. The largest absolute Gasteiger partial charge is 0.354 e. The van der Waals surface area contributed by atoms with Crippen LogP contribution in [-0.2, 0) is 7.05 Å². The van der Waals surface area contributed by atoms with Gasteiger partial charge in [-0.15, -0.1) is 0 Å². The highest BCUT2D eigenvalue weighted by Crippen LogP contribution is 2.16. The van der Waals surface area contributed by atoms with Crippen LogP contribution in [0.4, 0.5) is 0 Å². The van der Waals surface area contributed by atoms with E-state index in [9.17, 15) is 9.59 Å². The van der Waals surface area contributed by atoms with Crippen LogP contribution in [0, 0.1) is 10.7 Å². The number of nitrogens with one attached hydrogen (secondary N) is 2. The van der Waals surface area contributed by atoms with Gasteiger partial charge in [0.2, 0.25) is 0 Å². The maximum Gasteiger partial charge on any atom is 0.257 e. The first-order valence-corrected chi connectivity index (χ1v) is 8.68. The van der Waals surface area contributed by atoms with Crippen molar-refractivity contribution < 1.29 is 4.79 Å². The zero-order chi connectivity index (χ0) is 19.1. The fourth-order valence-corrected chi connectivity index (χ4v) is 3.19. The van der Waals surface area contributed by atoms with Gasteiger partial charge in [-0.2, -0.15) is 0 Å². The quantitative estimate of drug-likeness (QED) is 0.535. The van der Waals surface area contributed by atoms with Gasteiger partial charge < -0.3 is 14.5 Å². The van der Waals surface area contributed by atoms with E-state index in [1.54, 1.807) is 48.7 Å². The predicted molar refractivity (Wildman–Crippen MR) is 105 cm³/mol. The summed E-state index contributed by atoms with van der Waals surface area (Å²) in [6, 6.07) is 12.1. The number of carbonyl (C=O) groups excluding carboxylic acids is 1. The molecule has 4 rings (SSSR count). The molecule has 0 aliphatic carbocycles. The summed E-state index contributed by atoms with van der Waals surface area (Å²) in [5, 5.41) is 3.20. The number of rotatable bonds is 3. The monoisotopic (exact) mass is 377 g/mol. The smallest absolute Gasteiger partial charge is 0.257 e. The molecule has 5 nitrogen and oxygen atoms in total. The van der Waals surface area contributed by atoms with Crippen molar-refractivity contribution in [1.82, 2.24) is 14.5 Å². The summed E-state index contributed by atoms with van der Waals surface area (Å²) >= 11 is 5.88. The Morgan fingerprint density at radius 2 is 1.85 bits per heavy atom. The van der Waals surface area contributed by atoms with Crippen LogP contribution in [-0.4, -0.2) is 20.3 Å². The molecule has 0 unspecified atom stereocenters. The van der Waals surface area contributed by atoms with Gasteiger partial charge in [0.15, 0.2) is 5.78 Å². The Kier molecular flexibility index (Phi) is 4.09. The summed E-state index contributed by atoms with van der Waals surface area (Å²) in [7, 11) is 1.83. The lowest BCUT2D eigenvalue weighted by Crippen LogP contribution is -2.24. The number of aryl methyl sites for hydroxylation is 1. The molecule has 0 radical (unpaired) electrons. The molecule has 0 bridgehead atoms. The number of carbonyl (C=O) groups is 1. The molecule has 134 valence electrons. The second kappa shape index (κ2) is 6.45. The molecule has 2 N–H and O–H groups in total. The minimum atomic E-state index is -0.196. The van der Waals surface area contributed by atoms with Crippen LogP contribution in [0.1, 0.15) is 21.6 Å². The first-order valence-electron chi connectivity index (χ1n) is 8.31. The molecule has 0 spiro atoms. The molecular formula is C21H16ClN3O2. The zero-order valence-corrected chi connectivity index (χ0v) is 15.3. The number of benzene rings is 1. The number of hydrogen-bond acceptors (Lipinski definition) is 2. The molecule has 1 aromatic carbocycles. The van der Waals surface area contributed by atoms with Gasteiger partial charge in [-0.05, 0) is 48.5 Å². The van der Waals surface area contributed by atoms with Crippen LogP contribution in [0.25, 0.3) is 12.7 Å². The molecular weight excluding hydrogens is 362 g/mol. The molecule has 6 heteroatoms. The predicted octanol–water partition coefficient (Wildman–Crippen LogP) is 1.89. The van der Waals surface area contributed by atoms with E-state index in [2.05, 4.69) is 16.5 Å². The van der Waals surface area contributed by atoms with E-state index in [1.165, 1.54) is 0 Å². The lowest BCUT2D eigenvalue weighted by Gasteiger charge is -1.98. The molecule has 0 fully saturated rings. The van der Waals surface area contributed by atoms with E-state index >= 15 is 0 Å². The fraction of sp³-hybridized carbons (Fsp3) is 0.0476. The normalized spacial score (nSPS) is 12.0. The van der Waals surface area contributed by atoms with Gasteiger partial charge in [0.25, 0.3) is 5.56 Å². The van der Waals surface area contributed by atoms with Gasteiger partial charge in [0.05, 0.1) is 15.9 Å². The average Bonchev–Trinajstić information content (AvgIpc) is 3.16. The van der Waals surface area contributed by atoms with Crippen molar-refractivity contribution in [3.05, 3.63) is 102 Å². The third kappa shape index (κ3) is 3.13. The molecule has 0 atom stereocenters. The molecule has 0 saturated carbocycles. The minimum absolute atomic E-state index is 0.102. The number of ketones is 1. The standard InChI is InChI=1S/C21H16ClN3O2/c1-12-3-8-18-19(23-12)17(21(27)24-18)10-16-9-14(11-25(16)2)20(26)13-4-6-15(22)7-5-13/h3-11,23H,1H2,2H3,(H,24,27). The number of halogens is 1. The van der Waals surface area contributed by atoms with Gasteiger partial charge in [-0.25, -0.2) is 0 Å². The summed E-state index contributed by atoms with van der Waals surface area (Å²) in [5.41, 5.74) is 1.65. The van der Waals surface area contributed by atoms with Crippen LogP contribution in [0.15, 0.2) is 53.5 Å². The van der Waals surface area contributed by atoms with E-state index in [4.69, 9.17) is 11.6 Å². The summed E-state index contributed by atoms with van der Waals surface area (Å²) in [6.45, 7) is 3.87. The SMILES string of the molecule is C=c1ccc2[nH]c(=O)c(=Cc3cc(C(=O)c4ccc(Cl)cc4)cn3C)c=2[nH]1. The highest BCUT2D eigenvalue weighted by atomic mass is 35.5. The van der Waals surface area contributed by atoms with Gasteiger partial charge in [0.1, 0.15) is 0 Å². The Bertz CT molecular complexity index is 1390. The van der Waals surface area contributed by atoms with E-state index in [-0.39, 0.29) is 11.3 Å². The molecule has 0 saturated heterocycles. The Labute approximate surface area is 158 Å². The van der Waals surface area contributed by atoms with Crippen molar-refractivity contribution in [2.45, 2.75) is 0 Å². The Hall–Kier alpha value is -3.31. The number of aromatic nitrogens is 3. The van der Waals surface area contributed by atoms with Gasteiger partial charge in [-0.1, -0.05) is 18.2 Å². The van der Waals surface area contributed by atoms with Crippen LogP contribution < -0.4 is 16.1 Å². The fourth-order valence-electron chi connectivity index (χ4n) is 3.06. The first-order chi connectivity index (χ1) is 12.9. The summed E-state index contributed by atoms with van der Waals surface area (Å²) in [4.78, 5) is 31.0. The zero-order valence-electron chi connectivity index (χ0n) is 14.5. The van der Waals surface area contributed by atoms with Crippen molar-refractivity contribution in [3.63, 3.8) is 0 Å². The number of H-pyrrole nitrogens is 2. The van der Waals surface area contributed by atoms with E-state index in [0.717, 1.165) is 5.69 Å². The van der Waals surface area contributed by atoms with Crippen LogP contribution in [0.2, 0.25) is 5.02 Å². The van der Waals surface area contributed by atoms with E-state index in [0.29, 0.717) is 37.4 Å². The number of aromatic amines is 2. The second-order valence-corrected chi connectivity index (χ2v) is 6.82. The topological polar surface area (TPSA) is 70.7 Å². The Balaban J connectivity index is 1.83. The number of nitrogens with zero attached hydrogens (tertiary/aromatic N) is 1. The molecule has 3 heterocycles. The van der Waals surface area contributed by atoms with E-state index in [1.807, 2.05) is 17.7 Å². The highest BCUT2D eigenvalue weighted by molar-refractivity contribution is 6.30. The third-order valence-corrected chi connectivity index (χ3v) is 4.72. The average molecular weight is 378 g/mol. The lowest BCUT2D eigenvalue weighted by atomic mass is 10.1. The maximum absolute atomic E-state index is 12.7. The molecule has 2 aliphatic rings.